The van der Waals surface area contributed by atoms with E-state index >= 15 is 0 Å². The summed E-state index contributed by atoms with van der Waals surface area (Å²) in [5.41, 5.74) is 0.284. The van der Waals surface area contributed by atoms with E-state index in [9.17, 15) is 18.0 Å². The number of esters is 1. The molecule has 1 amide bonds. The Balaban J connectivity index is 1.71. The van der Waals surface area contributed by atoms with Crippen molar-refractivity contribution in [3.8, 4) is 5.75 Å². The van der Waals surface area contributed by atoms with Gasteiger partial charge in [-0.15, -0.1) is 11.3 Å². The molecule has 0 spiro atoms. The van der Waals surface area contributed by atoms with E-state index in [1.807, 2.05) is 0 Å². The topological polar surface area (TPSA) is 84.0 Å². The maximum atomic E-state index is 12.8. The van der Waals surface area contributed by atoms with Gasteiger partial charge in [0.2, 0.25) is 0 Å². The van der Waals surface area contributed by atoms with Gasteiger partial charge in [0.15, 0.2) is 0 Å². The van der Waals surface area contributed by atoms with Crippen LogP contribution in [-0.4, -0.2) is 55.7 Å². The van der Waals surface area contributed by atoms with Crippen molar-refractivity contribution >= 4 is 49.2 Å². The van der Waals surface area contributed by atoms with Gasteiger partial charge in [-0.2, -0.15) is 4.31 Å². The summed E-state index contributed by atoms with van der Waals surface area (Å²) in [5, 5.41) is 0. The Bertz CT molecular complexity index is 965. The SMILES string of the molecule is CC(=O)Oc1ccccc1C(=O)N1CCN(S(=O)(=O)c2ccc(Br)s2)CC1. The molecule has 27 heavy (non-hydrogen) atoms. The van der Waals surface area contributed by atoms with Crippen LogP contribution in [0.15, 0.2) is 44.4 Å². The summed E-state index contributed by atoms with van der Waals surface area (Å²) >= 11 is 4.43. The molecule has 1 aromatic carbocycles. The van der Waals surface area contributed by atoms with Gasteiger partial charge in [-0.1, -0.05) is 12.1 Å². The molecule has 0 bridgehead atoms. The molecule has 1 aliphatic rings. The van der Waals surface area contributed by atoms with Gasteiger partial charge in [-0.25, -0.2) is 8.42 Å². The van der Waals surface area contributed by atoms with Gasteiger partial charge in [-0.3, -0.25) is 9.59 Å². The molecule has 3 rings (SSSR count). The number of hydrogen-bond donors (Lipinski definition) is 0. The lowest BCUT2D eigenvalue weighted by Gasteiger charge is -2.34. The van der Waals surface area contributed by atoms with Gasteiger partial charge in [0.05, 0.1) is 9.35 Å². The number of hydrogen-bond acceptors (Lipinski definition) is 6. The van der Waals surface area contributed by atoms with Crippen LogP contribution in [0.4, 0.5) is 0 Å². The van der Waals surface area contributed by atoms with E-state index in [0.29, 0.717) is 0 Å². The number of nitrogens with zero attached hydrogens (tertiary/aromatic N) is 2. The normalized spacial score (nSPS) is 15.6. The number of benzene rings is 1. The Kier molecular flexibility index (Phi) is 5.99. The molecule has 0 unspecified atom stereocenters. The third kappa shape index (κ3) is 4.40. The minimum Gasteiger partial charge on any atom is -0.426 e. The number of rotatable bonds is 4. The largest absolute Gasteiger partial charge is 0.426 e. The number of ether oxygens (including phenoxy) is 1. The highest BCUT2D eigenvalue weighted by atomic mass is 79.9. The summed E-state index contributed by atoms with van der Waals surface area (Å²) < 4.78 is 32.9. The van der Waals surface area contributed by atoms with Crippen molar-refractivity contribution in [3.63, 3.8) is 0 Å². The molecule has 0 radical (unpaired) electrons. The lowest BCUT2D eigenvalue weighted by Crippen LogP contribution is -2.50. The molecule has 1 fully saturated rings. The van der Waals surface area contributed by atoms with Crippen LogP contribution in [-0.2, 0) is 14.8 Å². The molecule has 1 aromatic heterocycles. The highest BCUT2D eigenvalue weighted by Crippen LogP contribution is 2.29. The van der Waals surface area contributed by atoms with E-state index in [1.54, 1.807) is 41.3 Å². The Labute approximate surface area is 169 Å². The maximum Gasteiger partial charge on any atom is 0.308 e. The molecule has 144 valence electrons. The van der Waals surface area contributed by atoms with Gasteiger partial charge >= 0.3 is 5.97 Å². The molecule has 7 nitrogen and oxygen atoms in total. The summed E-state index contributed by atoms with van der Waals surface area (Å²) in [5.74, 6) is -0.593. The first kappa shape index (κ1) is 20.0. The van der Waals surface area contributed by atoms with Crippen LogP contribution in [0.5, 0.6) is 5.75 Å². The number of sulfonamides is 1. The zero-order valence-electron chi connectivity index (χ0n) is 14.4. The average molecular weight is 473 g/mol. The molecule has 1 saturated heterocycles. The number of carbonyl (C=O) groups is 2. The van der Waals surface area contributed by atoms with Crippen molar-refractivity contribution in [1.82, 2.24) is 9.21 Å². The second kappa shape index (κ2) is 8.09. The summed E-state index contributed by atoms with van der Waals surface area (Å²) in [6, 6.07) is 9.78. The standard InChI is InChI=1S/C17H17BrN2O5S2/c1-12(21)25-14-5-3-2-4-13(14)17(22)19-8-10-20(11-9-19)27(23,24)16-7-6-15(18)26-16/h2-7H,8-11H2,1H3. The van der Waals surface area contributed by atoms with E-state index in [4.69, 9.17) is 4.74 Å². The number of halogens is 1. The van der Waals surface area contributed by atoms with Crippen molar-refractivity contribution in [2.24, 2.45) is 0 Å². The monoisotopic (exact) mass is 472 g/mol. The molecule has 2 aromatic rings. The van der Waals surface area contributed by atoms with Crippen LogP contribution >= 0.6 is 27.3 Å². The smallest absolute Gasteiger partial charge is 0.308 e. The number of piperazine rings is 1. The lowest BCUT2D eigenvalue weighted by molar-refractivity contribution is -0.131. The molecule has 2 heterocycles. The Morgan fingerprint density at radius 1 is 1.07 bits per heavy atom. The zero-order valence-corrected chi connectivity index (χ0v) is 17.6. The maximum absolute atomic E-state index is 12.8. The second-order valence-corrected chi connectivity index (χ2v) is 10.5. The third-order valence-corrected chi connectivity index (χ3v) is 8.03. The van der Waals surface area contributed by atoms with Crippen LogP contribution in [0, 0.1) is 0 Å². The molecular weight excluding hydrogens is 456 g/mol. The molecule has 0 saturated carbocycles. The van der Waals surface area contributed by atoms with Crippen LogP contribution < -0.4 is 4.74 Å². The van der Waals surface area contributed by atoms with Gasteiger partial charge in [0.25, 0.3) is 15.9 Å². The number of thiophene rings is 1. The van der Waals surface area contributed by atoms with Gasteiger partial charge in [0.1, 0.15) is 9.96 Å². The van der Waals surface area contributed by atoms with Crippen molar-refractivity contribution in [1.29, 1.82) is 0 Å². The summed E-state index contributed by atoms with van der Waals surface area (Å²) in [6.45, 7) is 2.21. The van der Waals surface area contributed by atoms with Gasteiger partial charge < -0.3 is 9.64 Å². The summed E-state index contributed by atoms with van der Waals surface area (Å²) in [4.78, 5) is 25.6. The number of carbonyl (C=O) groups excluding carboxylic acids is 2. The highest BCUT2D eigenvalue weighted by molar-refractivity contribution is 9.11. The van der Waals surface area contributed by atoms with Gasteiger partial charge in [0, 0.05) is 33.1 Å². The van der Waals surface area contributed by atoms with Crippen LogP contribution in [0.1, 0.15) is 17.3 Å². The van der Waals surface area contributed by atoms with E-state index in [0.717, 1.165) is 15.1 Å². The van der Waals surface area contributed by atoms with Crippen molar-refractivity contribution in [3.05, 3.63) is 45.7 Å². The first-order valence-electron chi connectivity index (χ1n) is 8.11. The van der Waals surface area contributed by atoms with Crippen LogP contribution in [0.3, 0.4) is 0 Å². The molecule has 0 N–H and O–H groups in total. The molecule has 0 atom stereocenters. The van der Waals surface area contributed by atoms with E-state index < -0.39 is 16.0 Å². The van der Waals surface area contributed by atoms with Gasteiger partial charge in [-0.05, 0) is 40.2 Å². The first-order chi connectivity index (χ1) is 12.8. The van der Waals surface area contributed by atoms with E-state index in [-0.39, 0.29) is 47.6 Å². The minimum absolute atomic E-state index is 0.202. The average Bonchev–Trinajstić information content (AvgIpc) is 3.08. The van der Waals surface area contributed by atoms with Crippen molar-refractivity contribution in [2.75, 3.05) is 26.2 Å². The van der Waals surface area contributed by atoms with Crippen LogP contribution in [0.25, 0.3) is 0 Å². The summed E-state index contributed by atoms with van der Waals surface area (Å²) in [6.07, 6.45) is 0. The number of amides is 1. The molecule has 10 heteroatoms. The fraction of sp³-hybridized carbons (Fsp3) is 0.294. The van der Waals surface area contributed by atoms with Crippen molar-refractivity contribution < 1.29 is 22.7 Å². The predicted molar refractivity (Wildman–Crippen MR) is 104 cm³/mol. The Morgan fingerprint density at radius 2 is 1.74 bits per heavy atom. The Hall–Kier alpha value is -1.75. The van der Waals surface area contributed by atoms with E-state index in [2.05, 4.69) is 15.9 Å². The highest BCUT2D eigenvalue weighted by Gasteiger charge is 2.32. The van der Waals surface area contributed by atoms with Crippen LogP contribution in [0.2, 0.25) is 0 Å². The second-order valence-electron chi connectivity index (χ2n) is 5.84. The minimum atomic E-state index is -3.56. The summed E-state index contributed by atoms with van der Waals surface area (Å²) in [7, 11) is -3.56. The fourth-order valence-electron chi connectivity index (χ4n) is 2.75. The zero-order chi connectivity index (χ0) is 19.6. The lowest BCUT2D eigenvalue weighted by atomic mass is 10.1. The fourth-order valence-corrected chi connectivity index (χ4v) is 6.34. The molecular formula is C17H17BrN2O5S2. The first-order valence-corrected chi connectivity index (χ1v) is 11.2. The van der Waals surface area contributed by atoms with E-state index in [1.165, 1.54) is 11.2 Å². The predicted octanol–water partition coefficient (Wildman–Crippen LogP) is 2.58. The number of para-hydroxylation sites is 1. The molecule has 0 aliphatic carbocycles. The van der Waals surface area contributed by atoms with Crippen molar-refractivity contribution in [2.45, 2.75) is 11.1 Å². The molecule has 1 aliphatic heterocycles. The third-order valence-electron chi connectivity index (χ3n) is 4.04. The quantitative estimate of drug-likeness (QED) is 0.504. The Morgan fingerprint density at radius 3 is 2.33 bits per heavy atom.